The fourth-order valence-corrected chi connectivity index (χ4v) is 0.836. The van der Waals surface area contributed by atoms with E-state index in [0.29, 0.717) is 0 Å². The molecule has 0 aliphatic carbocycles. The third-order valence-corrected chi connectivity index (χ3v) is 1.39. The molecule has 3 nitrogen and oxygen atoms in total. The molecule has 1 aromatic rings. The van der Waals surface area contributed by atoms with E-state index in [4.69, 9.17) is 0 Å². The van der Waals surface area contributed by atoms with Crippen molar-refractivity contribution in [1.82, 2.24) is 15.3 Å². The molecule has 0 aliphatic rings. The average Bonchev–Trinajstić information content (AvgIpc) is 2.07. The van der Waals surface area contributed by atoms with Gasteiger partial charge >= 0.3 is 0 Å². The molecular weight excluding hydrogens is 138 g/mol. The Hall–Kier alpha value is -0.960. The lowest BCUT2D eigenvalue weighted by Gasteiger charge is -1.98. The number of nitrogens with one attached hydrogen (secondary N) is 1. The summed E-state index contributed by atoms with van der Waals surface area (Å²) in [6, 6.07) is 1.83. The number of hydrogen-bond acceptors (Lipinski definition) is 3. The Morgan fingerprint density at radius 1 is 1.36 bits per heavy atom. The smallest absolute Gasteiger partial charge is 0.129 e. The van der Waals surface area contributed by atoms with Crippen molar-refractivity contribution < 1.29 is 0 Å². The summed E-state index contributed by atoms with van der Waals surface area (Å²) in [7, 11) is 0. The van der Waals surface area contributed by atoms with Gasteiger partial charge in [0.1, 0.15) is 5.82 Å². The highest BCUT2D eigenvalue weighted by Gasteiger charge is 1.91. The van der Waals surface area contributed by atoms with Gasteiger partial charge in [0.15, 0.2) is 0 Å². The minimum Gasteiger partial charge on any atom is -0.317 e. The van der Waals surface area contributed by atoms with Crippen LogP contribution in [0.4, 0.5) is 0 Å². The molecule has 3 heteroatoms. The zero-order valence-corrected chi connectivity index (χ0v) is 6.75. The first-order valence-electron chi connectivity index (χ1n) is 3.90. The molecule has 0 unspecified atom stereocenters. The van der Waals surface area contributed by atoms with Gasteiger partial charge < -0.3 is 5.32 Å². The standard InChI is InChI=1S/C8H13N3/c1-2-9-7-4-8-10-5-3-6-11-8/h3,5-6,9H,2,4,7H2,1H3. The van der Waals surface area contributed by atoms with Gasteiger partial charge in [-0.1, -0.05) is 6.92 Å². The van der Waals surface area contributed by atoms with Crippen molar-refractivity contribution in [1.29, 1.82) is 0 Å². The van der Waals surface area contributed by atoms with E-state index in [1.807, 2.05) is 6.07 Å². The Morgan fingerprint density at radius 3 is 2.73 bits per heavy atom. The van der Waals surface area contributed by atoms with E-state index >= 15 is 0 Å². The zero-order valence-electron chi connectivity index (χ0n) is 6.75. The van der Waals surface area contributed by atoms with Gasteiger partial charge in [-0.15, -0.1) is 0 Å². The first-order valence-corrected chi connectivity index (χ1v) is 3.90. The lowest BCUT2D eigenvalue weighted by Crippen LogP contribution is -2.17. The summed E-state index contributed by atoms with van der Waals surface area (Å²) in [6.07, 6.45) is 4.46. The Bertz CT molecular complexity index is 186. The molecule has 0 bridgehead atoms. The molecule has 1 aromatic heterocycles. The lowest BCUT2D eigenvalue weighted by atomic mass is 10.4. The predicted octanol–water partition coefficient (Wildman–Crippen LogP) is 0.629. The second-order valence-corrected chi connectivity index (χ2v) is 2.27. The van der Waals surface area contributed by atoms with Crippen molar-refractivity contribution >= 4 is 0 Å². The van der Waals surface area contributed by atoms with Crippen LogP contribution in [0.25, 0.3) is 0 Å². The maximum atomic E-state index is 4.10. The maximum Gasteiger partial charge on any atom is 0.129 e. The van der Waals surface area contributed by atoms with Crippen LogP contribution in [0.15, 0.2) is 18.5 Å². The summed E-state index contributed by atoms with van der Waals surface area (Å²) in [4.78, 5) is 8.20. The second kappa shape index (κ2) is 4.79. The minimum atomic E-state index is 0.911. The van der Waals surface area contributed by atoms with Gasteiger partial charge in [0.05, 0.1) is 0 Å². The number of likely N-dealkylation sites (N-methyl/N-ethyl adjacent to an activating group) is 1. The van der Waals surface area contributed by atoms with Crippen molar-refractivity contribution in [3.63, 3.8) is 0 Å². The third-order valence-electron chi connectivity index (χ3n) is 1.39. The molecule has 1 heterocycles. The summed E-state index contributed by atoms with van der Waals surface area (Å²) in [6.45, 7) is 4.05. The summed E-state index contributed by atoms with van der Waals surface area (Å²) >= 11 is 0. The Morgan fingerprint density at radius 2 is 2.09 bits per heavy atom. The van der Waals surface area contributed by atoms with E-state index < -0.39 is 0 Å². The molecule has 0 atom stereocenters. The molecule has 0 aromatic carbocycles. The predicted molar refractivity (Wildman–Crippen MR) is 44.3 cm³/mol. The fraction of sp³-hybridized carbons (Fsp3) is 0.500. The van der Waals surface area contributed by atoms with Crippen LogP contribution < -0.4 is 5.32 Å². The average molecular weight is 151 g/mol. The molecule has 1 rings (SSSR count). The normalized spacial score (nSPS) is 9.91. The topological polar surface area (TPSA) is 37.8 Å². The van der Waals surface area contributed by atoms with Gasteiger partial charge in [0.25, 0.3) is 0 Å². The van der Waals surface area contributed by atoms with Crippen LogP contribution in [-0.2, 0) is 6.42 Å². The monoisotopic (exact) mass is 151 g/mol. The van der Waals surface area contributed by atoms with Crippen molar-refractivity contribution in [2.24, 2.45) is 0 Å². The summed E-state index contributed by atoms with van der Waals surface area (Å²) in [5.41, 5.74) is 0. The summed E-state index contributed by atoms with van der Waals surface area (Å²) < 4.78 is 0. The van der Waals surface area contributed by atoms with Crippen LogP contribution in [0.5, 0.6) is 0 Å². The molecule has 1 N–H and O–H groups in total. The number of nitrogens with zero attached hydrogens (tertiary/aromatic N) is 2. The molecule has 0 amide bonds. The molecule has 0 saturated carbocycles. The minimum absolute atomic E-state index is 0.911. The molecule has 0 saturated heterocycles. The van der Waals surface area contributed by atoms with E-state index in [0.717, 1.165) is 25.3 Å². The molecule has 11 heavy (non-hydrogen) atoms. The quantitative estimate of drug-likeness (QED) is 0.641. The molecule has 0 fully saturated rings. The summed E-state index contributed by atoms with van der Waals surface area (Å²) in [5.74, 6) is 0.911. The Labute approximate surface area is 66.9 Å². The molecule has 0 spiro atoms. The van der Waals surface area contributed by atoms with Crippen molar-refractivity contribution in [2.45, 2.75) is 13.3 Å². The Balaban J connectivity index is 2.28. The van der Waals surface area contributed by atoms with Crippen LogP contribution in [0.1, 0.15) is 12.7 Å². The van der Waals surface area contributed by atoms with Gasteiger partial charge in [0, 0.05) is 25.4 Å². The molecule has 0 radical (unpaired) electrons. The molecule has 0 aliphatic heterocycles. The molecular formula is C8H13N3. The van der Waals surface area contributed by atoms with Crippen molar-refractivity contribution in [3.05, 3.63) is 24.3 Å². The highest BCUT2D eigenvalue weighted by atomic mass is 14.9. The van der Waals surface area contributed by atoms with E-state index in [-0.39, 0.29) is 0 Å². The van der Waals surface area contributed by atoms with E-state index in [1.54, 1.807) is 12.4 Å². The first kappa shape index (κ1) is 8.14. The van der Waals surface area contributed by atoms with Gasteiger partial charge in [-0.2, -0.15) is 0 Å². The van der Waals surface area contributed by atoms with E-state index in [9.17, 15) is 0 Å². The van der Waals surface area contributed by atoms with Crippen LogP contribution >= 0.6 is 0 Å². The maximum absolute atomic E-state index is 4.10. The first-order chi connectivity index (χ1) is 5.43. The van der Waals surface area contributed by atoms with E-state index in [2.05, 4.69) is 22.2 Å². The van der Waals surface area contributed by atoms with E-state index in [1.165, 1.54) is 0 Å². The van der Waals surface area contributed by atoms with Gasteiger partial charge in [0.2, 0.25) is 0 Å². The summed E-state index contributed by atoms with van der Waals surface area (Å²) in [5, 5.41) is 3.22. The van der Waals surface area contributed by atoms with Crippen LogP contribution in [0.3, 0.4) is 0 Å². The third kappa shape index (κ3) is 3.09. The zero-order chi connectivity index (χ0) is 7.94. The van der Waals surface area contributed by atoms with Gasteiger partial charge in [-0.3, -0.25) is 0 Å². The van der Waals surface area contributed by atoms with Crippen molar-refractivity contribution in [3.8, 4) is 0 Å². The molecule has 60 valence electrons. The number of rotatable bonds is 4. The van der Waals surface area contributed by atoms with Crippen LogP contribution in [-0.4, -0.2) is 23.1 Å². The number of aromatic nitrogens is 2. The fourth-order valence-electron chi connectivity index (χ4n) is 0.836. The van der Waals surface area contributed by atoms with Gasteiger partial charge in [-0.05, 0) is 12.6 Å². The van der Waals surface area contributed by atoms with Gasteiger partial charge in [-0.25, -0.2) is 9.97 Å². The second-order valence-electron chi connectivity index (χ2n) is 2.27. The number of hydrogen-bond donors (Lipinski definition) is 1. The van der Waals surface area contributed by atoms with Crippen LogP contribution in [0, 0.1) is 0 Å². The highest BCUT2D eigenvalue weighted by molar-refractivity contribution is 4.88. The highest BCUT2D eigenvalue weighted by Crippen LogP contribution is 1.86. The Kier molecular flexibility index (Phi) is 3.55. The largest absolute Gasteiger partial charge is 0.317 e. The SMILES string of the molecule is CCNCCc1ncccn1. The van der Waals surface area contributed by atoms with Crippen molar-refractivity contribution in [2.75, 3.05) is 13.1 Å². The lowest BCUT2D eigenvalue weighted by molar-refractivity contribution is 0.696. The van der Waals surface area contributed by atoms with Crippen LogP contribution in [0.2, 0.25) is 0 Å².